The fourth-order valence-corrected chi connectivity index (χ4v) is 2.58. The summed E-state index contributed by atoms with van der Waals surface area (Å²) in [5.74, 6) is 0.786. The number of rotatable bonds is 5. The third kappa shape index (κ3) is 3.32. The van der Waals surface area contributed by atoms with Crippen molar-refractivity contribution in [3.05, 3.63) is 18.2 Å². The molecule has 100 valence electrons. The van der Waals surface area contributed by atoms with E-state index in [0.717, 1.165) is 44.8 Å². The highest BCUT2D eigenvalue weighted by Gasteiger charge is 2.21. The maximum atomic E-state index is 10.7. The van der Waals surface area contributed by atoms with Gasteiger partial charge >= 0.3 is 5.97 Å². The second-order valence-electron chi connectivity index (χ2n) is 4.95. The molecule has 1 N–H and O–H groups in total. The van der Waals surface area contributed by atoms with Gasteiger partial charge in [-0.3, -0.25) is 9.69 Å². The predicted molar refractivity (Wildman–Crippen MR) is 68.2 cm³/mol. The standard InChI is InChI=1S/C13H21N3O2/c1-2-16-8-5-14-12(16)10-15-6-3-11(4-7-15)9-13(17)18/h5,8,11H,2-4,6-7,9-10H2,1H3,(H,17,18). The number of hydrogen-bond acceptors (Lipinski definition) is 3. The Kier molecular flexibility index (Phi) is 4.36. The first-order valence-electron chi connectivity index (χ1n) is 6.63. The lowest BCUT2D eigenvalue weighted by atomic mass is 9.94. The number of aromatic nitrogens is 2. The number of piperidine rings is 1. The van der Waals surface area contributed by atoms with Gasteiger partial charge in [0, 0.05) is 25.4 Å². The Balaban J connectivity index is 1.81. The Morgan fingerprint density at radius 3 is 2.83 bits per heavy atom. The molecule has 1 aliphatic rings. The van der Waals surface area contributed by atoms with Crippen molar-refractivity contribution in [2.24, 2.45) is 5.92 Å². The van der Waals surface area contributed by atoms with Crippen LogP contribution < -0.4 is 0 Å². The van der Waals surface area contributed by atoms with Crippen LogP contribution in [0, 0.1) is 5.92 Å². The third-order valence-corrected chi connectivity index (χ3v) is 3.68. The molecule has 1 aromatic rings. The molecule has 0 unspecified atom stereocenters. The van der Waals surface area contributed by atoms with Crippen molar-refractivity contribution in [1.29, 1.82) is 0 Å². The molecule has 0 spiro atoms. The molecule has 1 aliphatic heterocycles. The summed E-state index contributed by atoms with van der Waals surface area (Å²) >= 11 is 0. The molecule has 0 radical (unpaired) electrons. The minimum atomic E-state index is -0.671. The first-order chi connectivity index (χ1) is 8.69. The van der Waals surface area contributed by atoms with Gasteiger partial charge in [-0.05, 0) is 38.8 Å². The van der Waals surface area contributed by atoms with Crippen molar-refractivity contribution < 1.29 is 9.90 Å². The molecule has 2 heterocycles. The summed E-state index contributed by atoms with van der Waals surface area (Å²) in [6, 6.07) is 0. The minimum Gasteiger partial charge on any atom is -0.481 e. The molecule has 0 aliphatic carbocycles. The van der Waals surface area contributed by atoms with Crippen LogP contribution >= 0.6 is 0 Å². The van der Waals surface area contributed by atoms with Gasteiger partial charge in [0.25, 0.3) is 0 Å². The highest BCUT2D eigenvalue weighted by atomic mass is 16.4. The SMILES string of the molecule is CCn1ccnc1CN1CCC(CC(=O)O)CC1. The van der Waals surface area contributed by atoms with Gasteiger partial charge in [-0.1, -0.05) is 0 Å². The number of imidazole rings is 1. The van der Waals surface area contributed by atoms with Gasteiger partial charge in [0.15, 0.2) is 0 Å². The summed E-state index contributed by atoms with van der Waals surface area (Å²) in [5, 5.41) is 8.78. The topological polar surface area (TPSA) is 58.4 Å². The van der Waals surface area contributed by atoms with Crippen LogP contribution in [0.25, 0.3) is 0 Å². The fourth-order valence-electron chi connectivity index (χ4n) is 2.58. The first kappa shape index (κ1) is 13.1. The molecule has 0 atom stereocenters. The molecule has 1 saturated heterocycles. The van der Waals surface area contributed by atoms with E-state index >= 15 is 0 Å². The molecule has 1 aromatic heterocycles. The Bertz CT molecular complexity index is 395. The van der Waals surface area contributed by atoms with E-state index in [1.54, 1.807) is 0 Å². The second kappa shape index (κ2) is 6.00. The van der Waals surface area contributed by atoms with Crippen molar-refractivity contribution in [3.8, 4) is 0 Å². The summed E-state index contributed by atoms with van der Waals surface area (Å²) in [6.45, 7) is 5.90. The van der Waals surface area contributed by atoms with Crippen LogP contribution in [0.5, 0.6) is 0 Å². The third-order valence-electron chi connectivity index (χ3n) is 3.68. The molecular formula is C13H21N3O2. The molecular weight excluding hydrogens is 230 g/mol. The quantitative estimate of drug-likeness (QED) is 0.863. The van der Waals surface area contributed by atoms with Crippen molar-refractivity contribution in [3.63, 3.8) is 0 Å². The van der Waals surface area contributed by atoms with E-state index in [-0.39, 0.29) is 0 Å². The first-order valence-corrected chi connectivity index (χ1v) is 6.63. The van der Waals surface area contributed by atoms with E-state index in [0.29, 0.717) is 12.3 Å². The average molecular weight is 251 g/mol. The summed E-state index contributed by atoms with van der Waals surface area (Å²) in [6.07, 6.45) is 6.14. The predicted octanol–water partition coefficient (Wildman–Crippen LogP) is 1.59. The van der Waals surface area contributed by atoms with Crippen LogP contribution in [0.2, 0.25) is 0 Å². The number of carbonyl (C=O) groups is 1. The number of carboxylic acid groups (broad SMARTS) is 1. The molecule has 5 nitrogen and oxygen atoms in total. The van der Waals surface area contributed by atoms with Crippen molar-refractivity contribution in [2.45, 2.75) is 39.3 Å². The van der Waals surface area contributed by atoms with Crippen LogP contribution in [-0.2, 0) is 17.9 Å². The smallest absolute Gasteiger partial charge is 0.303 e. The zero-order valence-electron chi connectivity index (χ0n) is 10.9. The van der Waals surface area contributed by atoms with E-state index in [1.807, 2.05) is 12.4 Å². The van der Waals surface area contributed by atoms with Gasteiger partial charge in [-0.2, -0.15) is 0 Å². The lowest BCUT2D eigenvalue weighted by Gasteiger charge is -2.31. The molecule has 0 aromatic carbocycles. The average Bonchev–Trinajstić information content (AvgIpc) is 2.78. The van der Waals surface area contributed by atoms with Gasteiger partial charge in [0.2, 0.25) is 0 Å². The maximum absolute atomic E-state index is 10.7. The summed E-state index contributed by atoms with van der Waals surface area (Å²) in [7, 11) is 0. The Labute approximate surface area is 107 Å². The molecule has 0 saturated carbocycles. The fraction of sp³-hybridized carbons (Fsp3) is 0.692. The maximum Gasteiger partial charge on any atom is 0.303 e. The molecule has 18 heavy (non-hydrogen) atoms. The zero-order chi connectivity index (χ0) is 13.0. The van der Waals surface area contributed by atoms with Gasteiger partial charge in [0.05, 0.1) is 6.54 Å². The molecule has 5 heteroatoms. The van der Waals surface area contributed by atoms with Gasteiger partial charge in [0.1, 0.15) is 5.82 Å². The van der Waals surface area contributed by atoms with Crippen molar-refractivity contribution >= 4 is 5.97 Å². The zero-order valence-corrected chi connectivity index (χ0v) is 10.9. The minimum absolute atomic E-state index is 0.317. The van der Waals surface area contributed by atoms with E-state index in [1.165, 1.54) is 0 Å². The van der Waals surface area contributed by atoms with Crippen LogP contribution in [0.15, 0.2) is 12.4 Å². The summed E-state index contributed by atoms with van der Waals surface area (Å²) in [4.78, 5) is 17.4. The highest BCUT2D eigenvalue weighted by Crippen LogP contribution is 2.21. The lowest BCUT2D eigenvalue weighted by molar-refractivity contribution is -0.138. The van der Waals surface area contributed by atoms with Crippen LogP contribution in [-0.4, -0.2) is 38.6 Å². The number of nitrogens with zero attached hydrogens (tertiary/aromatic N) is 3. The van der Waals surface area contributed by atoms with Crippen LogP contribution in [0.4, 0.5) is 0 Å². The largest absolute Gasteiger partial charge is 0.481 e. The number of carboxylic acids is 1. The Hall–Kier alpha value is -1.36. The molecule has 1 fully saturated rings. The van der Waals surface area contributed by atoms with E-state index < -0.39 is 5.97 Å². The van der Waals surface area contributed by atoms with Crippen LogP contribution in [0.3, 0.4) is 0 Å². The lowest BCUT2D eigenvalue weighted by Crippen LogP contribution is -2.34. The summed E-state index contributed by atoms with van der Waals surface area (Å²) in [5.41, 5.74) is 0. The van der Waals surface area contributed by atoms with Crippen molar-refractivity contribution in [2.75, 3.05) is 13.1 Å². The molecule has 2 rings (SSSR count). The monoisotopic (exact) mass is 251 g/mol. The van der Waals surface area contributed by atoms with E-state index in [9.17, 15) is 4.79 Å². The van der Waals surface area contributed by atoms with Gasteiger partial charge in [-0.15, -0.1) is 0 Å². The summed E-state index contributed by atoms with van der Waals surface area (Å²) < 4.78 is 2.16. The van der Waals surface area contributed by atoms with E-state index in [4.69, 9.17) is 5.11 Å². The van der Waals surface area contributed by atoms with Crippen LogP contribution in [0.1, 0.15) is 32.0 Å². The Morgan fingerprint density at radius 2 is 2.22 bits per heavy atom. The van der Waals surface area contributed by atoms with Gasteiger partial charge in [-0.25, -0.2) is 4.98 Å². The van der Waals surface area contributed by atoms with E-state index in [2.05, 4.69) is 21.4 Å². The van der Waals surface area contributed by atoms with Crippen molar-refractivity contribution in [1.82, 2.24) is 14.5 Å². The van der Waals surface area contributed by atoms with Gasteiger partial charge < -0.3 is 9.67 Å². The number of aliphatic carboxylic acids is 1. The Morgan fingerprint density at radius 1 is 1.50 bits per heavy atom. The highest BCUT2D eigenvalue weighted by molar-refractivity contribution is 5.67. The second-order valence-corrected chi connectivity index (χ2v) is 4.95. The molecule has 0 amide bonds. The normalized spacial score (nSPS) is 18.1. The molecule has 0 bridgehead atoms. The number of likely N-dealkylation sites (tertiary alicyclic amines) is 1. The number of hydrogen-bond donors (Lipinski definition) is 1. The number of aryl methyl sites for hydroxylation is 1.